The van der Waals surface area contributed by atoms with Crippen molar-refractivity contribution in [3.8, 4) is 0 Å². The van der Waals surface area contributed by atoms with Gasteiger partial charge in [-0.1, -0.05) is 18.2 Å². The lowest BCUT2D eigenvalue weighted by atomic mass is 9.99. The first-order chi connectivity index (χ1) is 12.5. The van der Waals surface area contributed by atoms with Crippen molar-refractivity contribution in [2.24, 2.45) is 0 Å². The summed E-state index contributed by atoms with van der Waals surface area (Å²) in [5.74, 6) is -0.0427. The van der Waals surface area contributed by atoms with Gasteiger partial charge >= 0.3 is 0 Å². The largest absolute Gasteiger partial charge is 0.363 e. The lowest BCUT2D eigenvalue weighted by molar-refractivity contribution is -0.140. The van der Waals surface area contributed by atoms with E-state index in [2.05, 4.69) is 17.6 Å². The van der Waals surface area contributed by atoms with E-state index in [0.29, 0.717) is 13.1 Å². The Bertz CT molecular complexity index is 786. The summed E-state index contributed by atoms with van der Waals surface area (Å²) in [4.78, 5) is 20.1. The van der Waals surface area contributed by atoms with Gasteiger partial charge in [0.15, 0.2) is 0 Å². The van der Waals surface area contributed by atoms with E-state index in [1.165, 1.54) is 6.08 Å². The summed E-state index contributed by atoms with van der Waals surface area (Å²) in [6.45, 7) is 4.79. The van der Waals surface area contributed by atoms with Gasteiger partial charge in [0.2, 0.25) is 5.91 Å². The fourth-order valence-electron chi connectivity index (χ4n) is 3.60. The summed E-state index contributed by atoms with van der Waals surface area (Å²) >= 11 is 6.58. The minimum Gasteiger partial charge on any atom is -0.363 e. The van der Waals surface area contributed by atoms with Gasteiger partial charge in [-0.15, -0.1) is 0 Å². The monoisotopic (exact) mass is 371 g/mol. The second-order valence-corrected chi connectivity index (χ2v) is 7.58. The summed E-state index contributed by atoms with van der Waals surface area (Å²) in [5.41, 5.74) is 2.61. The number of likely N-dealkylation sites (N-methyl/N-ethyl adjacent to an activating group) is 1. The zero-order valence-electron chi connectivity index (χ0n) is 14.8. The van der Waals surface area contributed by atoms with Gasteiger partial charge in [-0.3, -0.25) is 9.78 Å². The summed E-state index contributed by atoms with van der Waals surface area (Å²) in [7, 11) is 1.97. The summed E-state index contributed by atoms with van der Waals surface area (Å²) in [6.07, 6.45) is 10.8. The van der Waals surface area contributed by atoms with Crippen LogP contribution in [0.3, 0.4) is 0 Å². The lowest BCUT2D eigenvalue weighted by Gasteiger charge is -2.40. The highest BCUT2D eigenvalue weighted by molar-refractivity contribution is 6.22. The topological polar surface area (TPSA) is 45.7 Å². The number of pyridine rings is 1. The number of morpholine rings is 1. The van der Waals surface area contributed by atoms with E-state index in [1.807, 2.05) is 35.1 Å². The van der Waals surface area contributed by atoms with Crippen LogP contribution in [-0.2, 0) is 9.53 Å². The zero-order chi connectivity index (χ0) is 18.3. The summed E-state index contributed by atoms with van der Waals surface area (Å²) < 4.78 is 6.39. The molecule has 6 heteroatoms. The van der Waals surface area contributed by atoms with E-state index in [9.17, 15) is 4.79 Å². The third-order valence-corrected chi connectivity index (χ3v) is 5.70. The van der Waals surface area contributed by atoms with Gasteiger partial charge in [-0.2, -0.15) is 0 Å². The Balaban J connectivity index is 1.65. The maximum atomic E-state index is 12.2. The second-order valence-electron chi connectivity index (χ2n) is 7.13. The molecule has 4 rings (SSSR count). The molecule has 1 spiro atoms. The van der Waals surface area contributed by atoms with Crippen molar-refractivity contribution in [3.05, 3.63) is 60.5 Å². The van der Waals surface area contributed by atoms with Crippen molar-refractivity contribution in [3.63, 3.8) is 0 Å². The molecule has 3 heterocycles. The van der Waals surface area contributed by atoms with Gasteiger partial charge in [-0.25, -0.2) is 0 Å². The molecule has 3 aliphatic rings. The van der Waals surface area contributed by atoms with Crippen LogP contribution in [0.15, 0.2) is 54.9 Å². The number of aromatic nitrogens is 1. The van der Waals surface area contributed by atoms with Crippen LogP contribution in [0, 0.1) is 0 Å². The van der Waals surface area contributed by atoms with E-state index >= 15 is 0 Å². The molecule has 1 saturated heterocycles. The first-order valence-electron chi connectivity index (χ1n) is 8.81. The Morgan fingerprint density at radius 2 is 2.15 bits per heavy atom. The molecule has 1 unspecified atom stereocenters. The Hall–Kier alpha value is -2.11. The van der Waals surface area contributed by atoms with Crippen molar-refractivity contribution >= 4 is 23.2 Å². The summed E-state index contributed by atoms with van der Waals surface area (Å²) in [5, 5.41) is 0. The van der Waals surface area contributed by atoms with Crippen LogP contribution in [0.25, 0.3) is 5.70 Å². The van der Waals surface area contributed by atoms with Crippen LogP contribution in [0.2, 0.25) is 0 Å². The molecule has 2 aliphatic heterocycles. The molecule has 136 valence electrons. The number of alkyl halides is 1. The fraction of sp³-hybridized carbons (Fsp3) is 0.400. The molecule has 0 radical (unpaired) electrons. The first-order valence-corrected chi connectivity index (χ1v) is 9.25. The molecule has 1 amide bonds. The van der Waals surface area contributed by atoms with Crippen molar-refractivity contribution in [1.82, 2.24) is 14.8 Å². The minimum absolute atomic E-state index is 0.0427. The van der Waals surface area contributed by atoms with Crippen molar-refractivity contribution in [1.29, 1.82) is 0 Å². The maximum absolute atomic E-state index is 12.2. The van der Waals surface area contributed by atoms with Gasteiger partial charge in [0.1, 0.15) is 11.6 Å². The Morgan fingerprint density at radius 3 is 2.81 bits per heavy atom. The quantitative estimate of drug-likeness (QED) is 0.465. The molecule has 0 aromatic carbocycles. The van der Waals surface area contributed by atoms with Crippen molar-refractivity contribution < 1.29 is 9.53 Å². The minimum atomic E-state index is -0.276. The van der Waals surface area contributed by atoms with Crippen LogP contribution in [0.4, 0.5) is 0 Å². The number of hydrogen-bond acceptors (Lipinski definition) is 4. The smallest absolute Gasteiger partial charge is 0.246 e. The van der Waals surface area contributed by atoms with E-state index in [1.54, 1.807) is 12.4 Å². The molecule has 26 heavy (non-hydrogen) atoms. The van der Waals surface area contributed by atoms with Crippen LogP contribution in [0.5, 0.6) is 0 Å². The Kier molecular flexibility index (Phi) is 4.37. The van der Waals surface area contributed by atoms with Gasteiger partial charge in [-0.05, 0) is 48.8 Å². The number of nitrogens with zero attached hydrogens (tertiary/aromatic N) is 3. The number of ether oxygens (including phenoxy) is 1. The van der Waals surface area contributed by atoms with Crippen LogP contribution in [0.1, 0.15) is 18.4 Å². The highest BCUT2D eigenvalue weighted by atomic mass is 35.5. The van der Waals surface area contributed by atoms with Crippen LogP contribution >= 0.6 is 11.6 Å². The Morgan fingerprint density at radius 1 is 1.42 bits per heavy atom. The highest BCUT2D eigenvalue weighted by Gasteiger charge is 2.51. The Labute approximate surface area is 158 Å². The van der Waals surface area contributed by atoms with Gasteiger partial charge < -0.3 is 14.5 Å². The van der Waals surface area contributed by atoms with Gasteiger partial charge in [0.25, 0.3) is 0 Å². The molecular formula is C20H22ClN3O2. The molecule has 1 aromatic rings. The standard InChI is InChI=1S/C20H22ClN3O2/c1-3-19(25)24-12-17(26-20(13-24)6-7-20)15-10-16(23(2)18(21)11-15)14-4-8-22-9-5-14/h3-5,8-11,17-18H,1,6-7,12-13H2,2H3/t17?,18-/m1/s1. The SMILES string of the molecule is C=CC(=O)N1CC(C2=C[C@H](Cl)N(C)C(c3ccncc3)=C2)OC2(CC2)C1. The molecule has 1 saturated carbocycles. The normalized spacial score (nSPS) is 27.0. The van der Waals surface area contributed by atoms with E-state index in [4.69, 9.17) is 16.3 Å². The predicted molar refractivity (Wildman–Crippen MR) is 101 cm³/mol. The highest BCUT2D eigenvalue weighted by Crippen LogP contribution is 2.45. The van der Waals surface area contributed by atoms with E-state index in [-0.39, 0.29) is 23.1 Å². The number of rotatable bonds is 3. The summed E-state index contributed by atoms with van der Waals surface area (Å²) in [6, 6.07) is 3.93. The molecule has 1 aliphatic carbocycles. The van der Waals surface area contributed by atoms with Crippen molar-refractivity contribution in [2.45, 2.75) is 30.0 Å². The number of carbonyl (C=O) groups is 1. The van der Waals surface area contributed by atoms with Crippen LogP contribution < -0.4 is 0 Å². The second kappa shape index (κ2) is 6.56. The third kappa shape index (κ3) is 3.17. The average molecular weight is 372 g/mol. The van der Waals surface area contributed by atoms with Crippen molar-refractivity contribution in [2.75, 3.05) is 20.1 Å². The molecule has 0 bridgehead atoms. The number of amides is 1. The zero-order valence-corrected chi connectivity index (χ0v) is 15.5. The van der Waals surface area contributed by atoms with E-state index < -0.39 is 0 Å². The average Bonchev–Trinajstić information content (AvgIpc) is 3.41. The van der Waals surface area contributed by atoms with E-state index in [0.717, 1.165) is 29.7 Å². The van der Waals surface area contributed by atoms with Crippen LogP contribution in [-0.4, -0.2) is 58.0 Å². The van der Waals surface area contributed by atoms with Gasteiger partial charge in [0, 0.05) is 30.7 Å². The third-order valence-electron chi connectivity index (χ3n) is 5.28. The molecular weight excluding hydrogens is 350 g/mol. The maximum Gasteiger partial charge on any atom is 0.246 e. The first kappa shape index (κ1) is 17.3. The van der Waals surface area contributed by atoms with Gasteiger partial charge in [0.05, 0.1) is 18.7 Å². The number of halogens is 1. The molecule has 1 aromatic heterocycles. The lowest BCUT2D eigenvalue weighted by Crippen LogP contribution is -2.51. The molecule has 0 N–H and O–H groups in total. The predicted octanol–water partition coefficient (Wildman–Crippen LogP) is 2.81. The number of carbonyl (C=O) groups excluding carboxylic acids is 1. The number of hydrogen-bond donors (Lipinski definition) is 0. The molecule has 2 atom stereocenters. The fourth-order valence-corrected chi connectivity index (χ4v) is 3.85. The molecule has 5 nitrogen and oxygen atoms in total. The molecule has 2 fully saturated rings.